The molecule has 1 amide bonds. The lowest BCUT2D eigenvalue weighted by Crippen LogP contribution is -2.48. The normalized spacial score (nSPS) is 24.6. The van der Waals surface area contributed by atoms with Gasteiger partial charge in [-0.3, -0.25) is 4.79 Å². The summed E-state index contributed by atoms with van der Waals surface area (Å²) < 4.78 is 0. The Balaban J connectivity index is 1.82. The number of rotatable bonds is 4. The molecule has 110 valence electrons. The van der Waals surface area contributed by atoms with Crippen LogP contribution in [0.1, 0.15) is 51.9 Å². The average Bonchev–Trinajstić information content (AvgIpc) is 2.84. The molecule has 0 bridgehead atoms. The monoisotopic (exact) mass is 267 g/mol. The molecule has 0 aromatic heterocycles. The Hall–Kier alpha value is -0.610. The van der Waals surface area contributed by atoms with Crippen molar-refractivity contribution in [1.29, 1.82) is 0 Å². The van der Waals surface area contributed by atoms with E-state index in [4.69, 9.17) is 5.73 Å². The topological polar surface area (TPSA) is 49.6 Å². The van der Waals surface area contributed by atoms with Gasteiger partial charge in [-0.05, 0) is 32.2 Å². The first-order valence-electron chi connectivity index (χ1n) is 7.81. The standard InChI is InChI=1S/C15H29N3O/c1-3-18-10-6-13(7-11-18)17(2)14(19)12-15(16)8-4-5-9-15/h13H,3-12,16H2,1-2H3. The minimum Gasteiger partial charge on any atom is -0.343 e. The van der Waals surface area contributed by atoms with Crippen LogP contribution in [0.25, 0.3) is 0 Å². The fourth-order valence-electron chi connectivity index (χ4n) is 3.51. The van der Waals surface area contributed by atoms with E-state index in [1.165, 1.54) is 12.8 Å². The summed E-state index contributed by atoms with van der Waals surface area (Å²) in [5, 5.41) is 0. The summed E-state index contributed by atoms with van der Waals surface area (Å²) in [5.41, 5.74) is 6.10. The first-order chi connectivity index (χ1) is 9.04. The maximum atomic E-state index is 12.4. The molecule has 1 saturated carbocycles. The van der Waals surface area contributed by atoms with E-state index < -0.39 is 0 Å². The van der Waals surface area contributed by atoms with E-state index in [1.54, 1.807) is 0 Å². The summed E-state index contributed by atoms with van der Waals surface area (Å²) in [4.78, 5) is 16.8. The molecule has 0 aromatic carbocycles. The Bertz CT molecular complexity index is 305. The Morgan fingerprint density at radius 2 is 1.89 bits per heavy atom. The van der Waals surface area contributed by atoms with Crippen molar-refractivity contribution in [1.82, 2.24) is 9.80 Å². The molecule has 0 spiro atoms. The van der Waals surface area contributed by atoms with Gasteiger partial charge in [0.1, 0.15) is 0 Å². The number of amides is 1. The van der Waals surface area contributed by atoms with E-state index >= 15 is 0 Å². The Morgan fingerprint density at radius 3 is 2.42 bits per heavy atom. The molecule has 0 unspecified atom stereocenters. The number of likely N-dealkylation sites (tertiary alicyclic amines) is 1. The van der Waals surface area contributed by atoms with Crippen LogP contribution in [-0.2, 0) is 4.79 Å². The molecule has 1 aliphatic carbocycles. The number of nitrogens with zero attached hydrogens (tertiary/aromatic N) is 2. The van der Waals surface area contributed by atoms with Crippen LogP contribution in [0.3, 0.4) is 0 Å². The van der Waals surface area contributed by atoms with Gasteiger partial charge < -0.3 is 15.5 Å². The van der Waals surface area contributed by atoms with E-state index in [-0.39, 0.29) is 11.4 Å². The van der Waals surface area contributed by atoms with E-state index in [0.29, 0.717) is 12.5 Å². The smallest absolute Gasteiger partial charge is 0.224 e. The van der Waals surface area contributed by atoms with E-state index in [0.717, 1.165) is 45.3 Å². The van der Waals surface area contributed by atoms with Crippen LogP contribution in [0.15, 0.2) is 0 Å². The Kier molecular flexibility index (Phi) is 4.85. The predicted molar refractivity (Wildman–Crippen MR) is 77.9 cm³/mol. The van der Waals surface area contributed by atoms with Gasteiger partial charge in [0.2, 0.25) is 5.91 Å². The van der Waals surface area contributed by atoms with Crippen LogP contribution in [0.2, 0.25) is 0 Å². The van der Waals surface area contributed by atoms with Crippen molar-refractivity contribution in [2.24, 2.45) is 5.73 Å². The van der Waals surface area contributed by atoms with Crippen LogP contribution >= 0.6 is 0 Å². The van der Waals surface area contributed by atoms with Crippen molar-refractivity contribution >= 4 is 5.91 Å². The van der Waals surface area contributed by atoms with Gasteiger partial charge in [0, 0.05) is 38.1 Å². The van der Waals surface area contributed by atoms with Gasteiger partial charge in [-0.2, -0.15) is 0 Å². The van der Waals surface area contributed by atoms with Crippen LogP contribution in [0, 0.1) is 0 Å². The quantitative estimate of drug-likeness (QED) is 0.841. The summed E-state index contributed by atoms with van der Waals surface area (Å²) >= 11 is 0. The molecule has 0 atom stereocenters. The number of carbonyl (C=O) groups excluding carboxylic acids is 1. The summed E-state index contributed by atoms with van der Waals surface area (Å²) in [6.07, 6.45) is 7.14. The zero-order chi connectivity index (χ0) is 13.9. The first kappa shape index (κ1) is 14.8. The number of piperidine rings is 1. The Labute approximate surface area is 117 Å². The van der Waals surface area contributed by atoms with Gasteiger partial charge >= 0.3 is 0 Å². The molecule has 4 nitrogen and oxygen atoms in total. The number of hydrogen-bond acceptors (Lipinski definition) is 3. The molecule has 19 heavy (non-hydrogen) atoms. The average molecular weight is 267 g/mol. The molecule has 1 aliphatic heterocycles. The van der Waals surface area contributed by atoms with Crippen molar-refractivity contribution in [2.45, 2.75) is 63.5 Å². The fraction of sp³-hybridized carbons (Fsp3) is 0.933. The molecule has 2 fully saturated rings. The SMILES string of the molecule is CCN1CCC(N(C)C(=O)CC2(N)CCCC2)CC1. The lowest BCUT2D eigenvalue weighted by atomic mass is 9.93. The largest absolute Gasteiger partial charge is 0.343 e. The number of nitrogens with two attached hydrogens (primary N) is 1. The Morgan fingerprint density at radius 1 is 1.32 bits per heavy atom. The molecule has 2 N–H and O–H groups in total. The molecule has 4 heteroatoms. The van der Waals surface area contributed by atoms with Crippen molar-refractivity contribution in [2.75, 3.05) is 26.7 Å². The maximum Gasteiger partial charge on any atom is 0.224 e. The molecule has 1 saturated heterocycles. The fourth-order valence-corrected chi connectivity index (χ4v) is 3.51. The molecule has 2 rings (SSSR count). The van der Waals surface area contributed by atoms with Crippen LogP contribution < -0.4 is 5.73 Å². The minimum atomic E-state index is -0.213. The van der Waals surface area contributed by atoms with Gasteiger partial charge in [0.15, 0.2) is 0 Å². The second-order valence-corrected chi connectivity index (χ2v) is 6.42. The first-order valence-corrected chi connectivity index (χ1v) is 7.81. The van der Waals surface area contributed by atoms with Gasteiger partial charge in [-0.1, -0.05) is 19.8 Å². The van der Waals surface area contributed by atoms with Gasteiger partial charge in [0.25, 0.3) is 0 Å². The van der Waals surface area contributed by atoms with E-state index in [9.17, 15) is 4.79 Å². The molecular formula is C15H29N3O. The van der Waals surface area contributed by atoms with Crippen molar-refractivity contribution in [3.63, 3.8) is 0 Å². The predicted octanol–water partition coefficient (Wildman–Crippen LogP) is 1.59. The third-order valence-electron chi connectivity index (χ3n) is 5.05. The second kappa shape index (κ2) is 6.23. The molecule has 2 aliphatic rings. The molecule has 1 heterocycles. The summed E-state index contributed by atoms with van der Waals surface area (Å²) in [5.74, 6) is 0.249. The highest BCUT2D eigenvalue weighted by Crippen LogP contribution is 2.31. The molecular weight excluding hydrogens is 238 g/mol. The van der Waals surface area contributed by atoms with Crippen molar-refractivity contribution < 1.29 is 4.79 Å². The third-order valence-corrected chi connectivity index (χ3v) is 5.05. The van der Waals surface area contributed by atoms with Gasteiger partial charge in [0.05, 0.1) is 0 Å². The minimum absolute atomic E-state index is 0.213. The highest BCUT2D eigenvalue weighted by atomic mass is 16.2. The number of carbonyl (C=O) groups is 1. The van der Waals surface area contributed by atoms with E-state index in [2.05, 4.69) is 11.8 Å². The number of hydrogen-bond donors (Lipinski definition) is 1. The highest BCUT2D eigenvalue weighted by molar-refractivity contribution is 5.77. The maximum absolute atomic E-state index is 12.4. The summed E-state index contributed by atoms with van der Waals surface area (Å²) in [6, 6.07) is 0.417. The van der Waals surface area contributed by atoms with Gasteiger partial charge in [-0.25, -0.2) is 0 Å². The zero-order valence-corrected chi connectivity index (χ0v) is 12.5. The lowest BCUT2D eigenvalue weighted by Gasteiger charge is -2.37. The molecule has 0 radical (unpaired) electrons. The van der Waals surface area contributed by atoms with Crippen LogP contribution in [0.5, 0.6) is 0 Å². The van der Waals surface area contributed by atoms with Gasteiger partial charge in [-0.15, -0.1) is 0 Å². The zero-order valence-electron chi connectivity index (χ0n) is 12.5. The molecule has 0 aromatic rings. The van der Waals surface area contributed by atoms with Crippen LogP contribution in [0.4, 0.5) is 0 Å². The summed E-state index contributed by atoms with van der Waals surface area (Å²) in [7, 11) is 1.97. The van der Waals surface area contributed by atoms with Crippen molar-refractivity contribution in [3.05, 3.63) is 0 Å². The summed E-state index contributed by atoms with van der Waals surface area (Å²) in [6.45, 7) is 5.56. The second-order valence-electron chi connectivity index (χ2n) is 6.42. The van der Waals surface area contributed by atoms with Crippen LogP contribution in [-0.4, -0.2) is 54.0 Å². The van der Waals surface area contributed by atoms with Crippen molar-refractivity contribution in [3.8, 4) is 0 Å². The third kappa shape index (κ3) is 3.69. The highest BCUT2D eigenvalue weighted by Gasteiger charge is 2.34. The van der Waals surface area contributed by atoms with E-state index in [1.807, 2.05) is 11.9 Å². The lowest BCUT2D eigenvalue weighted by molar-refractivity contribution is -0.134.